The van der Waals surface area contributed by atoms with Gasteiger partial charge in [0.1, 0.15) is 0 Å². The first-order valence-corrected chi connectivity index (χ1v) is 10.7. The molecule has 3 atom stereocenters. The molecule has 25 heavy (non-hydrogen) atoms. The number of benzene rings is 1. The molecule has 1 aromatic rings. The summed E-state index contributed by atoms with van der Waals surface area (Å²) in [5.74, 6) is 0.251. The topological polar surface area (TPSA) is 78.5 Å². The van der Waals surface area contributed by atoms with E-state index in [9.17, 15) is 13.2 Å². The van der Waals surface area contributed by atoms with Crippen molar-refractivity contribution in [2.45, 2.75) is 42.2 Å². The number of fused-ring (bicyclic) bond motifs is 3. The van der Waals surface area contributed by atoms with E-state index in [0.29, 0.717) is 32.5 Å². The molecule has 136 valence electrons. The van der Waals surface area contributed by atoms with Gasteiger partial charge in [0.15, 0.2) is 9.84 Å². The van der Waals surface area contributed by atoms with Gasteiger partial charge in [0.2, 0.25) is 0 Å². The van der Waals surface area contributed by atoms with Crippen molar-refractivity contribution in [3.05, 3.63) is 35.4 Å². The van der Waals surface area contributed by atoms with Gasteiger partial charge in [-0.15, -0.1) is 0 Å². The minimum atomic E-state index is -3.04. The van der Waals surface area contributed by atoms with E-state index < -0.39 is 9.84 Å². The van der Waals surface area contributed by atoms with Gasteiger partial charge in [-0.05, 0) is 30.4 Å². The lowest BCUT2D eigenvalue weighted by Crippen LogP contribution is -2.46. The molecule has 7 heteroatoms. The molecule has 2 fully saturated rings. The molecule has 3 aliphatic rings. The monoisotopic (exact) mass is 363 g/mol. The van der Waals surface area contributed by atoms with Crippen LogP contribution in [0.1, 0.15) is 36.3 Å². The number of urea groups is 1. The van der Waals surface area contributed by atoms with Crippen LogP contribution in [0, 0.1) is 0 Å². The molecular weight excluding hydrogens is 338 g/mol. The Morgan fingerprint density at radius 3 is 2.88 bits per heavy atom. The Labute approximate surface area is 148 Å². The summed E-state index contributed by atoms with van der Waals surface area (Å²) in [7, 11) is -3.04. The highest BCUT2D eigenvalue weighted by Crippen LogP contribution is 2.33. The fourth-order valence-corrected chi connectivity index (χ4v) is 6.68. The number of rotatable bonds is 2. The summed E-state index contributed by atoms with van der Waals surface area (Å²) in [6.07, 6.45) is 2.02. The van der Waals surface area contributed by atoms with E-state index in [1.807, 2.05) is 12.1 Å². The standard InChI is InChI=1S/C18H25N3O3S/c22-18(21-8-7-15-5-6-16(12-21)25(15,23)24)20-11-14-10-19-9-13-3-1-2-4-17(13)14/h1-4,14-16,19H,5-12H2,(H,20,22). The SMILES string of the molecule is O=C(NCC1CNCc2ccccc21)N1CCC2CCC(C1)S2(=O)=O. The third kappa shape index (κ3) is 3.15. The van der Waals surface area contributed by atoms with Gasteiger partial charge in [-0.3, -0.25) is 0 Å². The highest BCUT2D eigenvalue weighted by molar-refractivity contribution is 7.93. The highest BCUT2D eigenvalue weighted by Gasteiger charge is 2.44. The van der Waals surface area contributed by atoms with E-state index in [4.69, 9.17) is 0 Å². The number of carbonyl (C=O) groups is 1. The molecular formula is C18H25N3O3S. The van der Waals surface area contributed by atoms with Gasteiger partial charge in [-0.1, -0.05) is 24.3 Å². The molecule has 3 unspecified atom stereocenters. The summed E-state index contributed by atoms with van der Waals surface area (Å²) in [6.45, 7) is 3.15. The zero-order chi connectivity index (χ0) is 17.4. The molecule has 2 N–H and O–H groups in total. The third-order valence-electron chi connectivity index (χ3n) is 5.87. The number of hydrogen-bond donors (Lipinski definition) is 2. The molecule has 4 rings (SSSR count). The van der Waals surface area contributed by atoms with Crippen LogP contribution in [0.5, 0.6) is 0 Å². The minimum absolute atomic E-state index is 0.134. The van der Waals surface area contributed by atoms with E-state index >= 15 is 0 Å². The van der Waals surface area contributed by atoms with Crippen LogP contribution in [0.2, 0.25) is 0 Å². The van der Waals surface area contributed by atoms with Crippen molar-refractivity contribution in [1.29, 1.82) is 0 Å². The summed E-state index contributed by atoms with van der Waals surface area (Å²) >= 11 is 0. The summed E-state index contributed by atoms with van der Waals surface area (Å²) in [5, 5.41) is 5.80. The molecule has 0 aromatic heterocycles. The Morgan fingerprint density at radius 1 is 1.20 bits per heavy atom. The Balaban J connectivity index is 1.39. The summed E-state index contributed by atoms with van der Waals surface area (Å²) < 4.78 is 24.7. The maximum absolute atomic E-state index is 12.6. The second-order valence-electron chi connectivity index (χ2n) is 7.36. The Hall–Kier alpha value is -1.60. The summed E-state index contributed by atoms with van der Waals surface area (Å²) in [6, 6.07) is 8.19. The number of hydrogen-bond acceptors (Lipinski definition) is 4. The summed E-state index contributed by atoms with van der Waals surface area (Å²) in [5.41, 5.74) is 2.57. The van der Waals surface area contributed by atoms with Crippen LogP contribution in [0.15, 0.2) is 24.3 Å². The van der Waals surface area contributed by atoms with Crippen molar-refractivity contribution in [2.24, 2.45) is 0 Å². The molecule has 0 spiro atoms. The van der Waals surface area contributed by atoms with Gasteiger partial charge >= 0.3 is 6.03 Å². The van der Waals surface area contributed by atoms with Crippen LogP contribution in [0.4, 0.5) is 4.79 Å². The molecule has 0 saturated carbocycles. The molecule has 2 bridgehead atoms. The van der Waals surface area contributed by atoms with E-state index in [2.05, 4.69) is 22.8 Å². The molecule has 6 nitrogen and oxygen atoms in total. The number of nitrogens with zero attached hydrogens (tertiary/aromatic N) is 1. The van der Waals surface area contributed by atoms with E-state index in [1.165, 1.54) is 11.1 Å². The summed E-state index contributed by atoms with van der Waals surface area (Å²) in [4.78, 5) is 14.3. The normalized spacial score (nSPS) is 30.4. The van der Waals surface area contributed by atoms with Gasteiger partial charge in [0, 0.05) is 38.6 Å². The fraction of sp³-hybridized carbons (Fsp3) is 0.611. The maximum Gasteiger partial charge on any atom is 0.317 e. The smallest absolute Gasteiger partial charge is 0.317 e. The lowest BCUT2D eigenvalue weighted by molar-refractivity contribution is 0.195. The van der Waals surface area contributed by atoms with E-state index in [-0.39, 0.29) is 22.4 Å². The maximum atomic E-state index is 12.6. The second-order valence-corrected chi connectivity index (χ2v) is 9.87. The Bertz CT molecular complexity index is 765. The van der Waals surface area contributed by atoms with Crippen molar-refractivity contribution in [2.75, 3.05) is 26.2 Å². The van der Waals surface area contributed by atoms with Crippen LogP contribution in [0.25, 0.3) is 0 Å². The van der Waals surface area contributed by atoms with Crippen molar-refractivity contribution in [3.8, 4) is 0 Å². The van der Waals surface area contributed by atoms with Crippen LogP contribution < -0.4 is 10.6 Å². The van der Waals surface area contributed by atoms with E-state index in [1.54, 1.807) is 4.90 Å². The average Bonchev–Trinajstić information content (AvgIpc) is 2.79. The third-order valence-corrected chi connectivity index (χ3v) is 8.59. The zero-order valence-electron chi connectivity index (χ0n) is 14.3. The average molecular weight is 363 g/mol. The lowest BCUT2D eigenvalue weighted by Gasteiger charge is -2.29. The quantitative estimate of drug-likeness (QED) is 0.829. The van der Waals surface area contributed by atoms with Crippen LogP contribution >= 0.6 is 0 Å². The molecule has 0 radical (unpaired) electrons. The molecule has 2 saturated heterocycles. The largest absolute Gasteiger partial charge is 0.337 e. The number of carbonyl (C=O) groups excluding carboxylic acids is 1. The molecule has 2 amide bonds. The van der Waals surface area contributed by atoms with E-state index in [0.717, 1.165) is 19.5 Å². The van der Waals surface area contributed by atoms with Gasteiger partial charge in [0.05, 0.1) is 10.5 Å². The first-order valence-electron chi connectivity index (χ1n) is 9.09. The number of likely N-dealkylation sites (tertiary alicyclic amines) is 1. The first kappa shape index (κ1) is 16.8. The molecule has 1 aromatic carbocycles. The van der Waals surface area contributed by atoms with Crippen molar-refractivity contribution >= 4 is 15.9 Å². The molecule has 3 heterocycles. The Morgan fingerprint density at radius 2 is 2.00 bits per heavy atom. The zero-order valence-corrected chi connectivity index (χ0v) is 15.1. The van der Waals surface area contributed by atoms with Gasteiger partial charge in [0.25, 0.3) is 0 Å². The highest BCUT2D eigenvalue weighted by atomic mass is 32.2. The van der Waals surface area contributed by atoms with Crippen LogP contribution in [-0.2, 0) is 16.4 Å². The predicted octanol–water partition coefficient (Wildman–Crippen LogP) is 1.23. The van der Waals surface area contributed by atoms with Crippen LogP contribution in [-0.4, -0.2) is 56.0 Å². The lowest BCUT2D eigenvalue weighted by atomic mass is 9.91. The number of sulfone groups is 1. The molecule has 3 aliphatic heterocycles. The Kier molecular flexibility index (Phi) is 4.45. The second kappa shape index (κ2) is 6.61. The van der Waals surface area contributed by atoms with Gasteiger partial charge in [-0.2, -0.15) is 0 Å². The van der Waals surface area contributed by atoms with Gasteiger partial charge in [-0.25, -0.2) is 13.2 Å². The van der Waals surface area contributed by atoms with Gasteiger partial charge < -0.3 is 15.5 Å². The number of nitrogens with one attached hydrogen (secondary N) is 2. The van der Waals surface area contributed by atoms with Crippen LogP contribution in [0.3, 0.4) is 0 Å². The van der Waals surface area contributed by atoms with Crippen molar-refractivity contribution in [1.82, 2.24) is 15.5 Å². The number of amides is 2. The molecule has 0 aliphatic carbocycles. The van der Waals surface area contributed by atoms with Crippen molar-refractivity contribution < 1.29 is 13.2 Å². The van der Waals surface area contributed by atoms with Crippen molar-refractivity contribution in [3.63, 3.8) is 0 Å². The fourth-order valence-electron chi connectivity index (χ4n) is 4.39. The predicted molar refractivity (Wildman–Crippen MR) is 96.2 cm³/mol. The first-order chi connectivity index (χ1) is 12.1. The minimum Gasteiger partial charge on any atom is -0.337 e.